The highest BCUT2D eigenvalue weighted by Crippen LogP contribution is 2.08. The monoisotopic (exact) mass is 255 g/mol. The molecule has 0 aliphatic rings. The van der Waals surface area contributed by atoms with Crippen LogP contribution in [0.3, 0.4) is 0 Å². The molecule has 0 atom stereocenters. The fourth-order valence-electron chi connectivity index (χ4n) is 1.11. The minimum Gasteiger partial charge on any atom is -0.355 e. The van der Waals surface area contributed by atoms with Crippen molar-refractivity contribution >= 4 is 17.7 Å². The number of rotatable bonds is 6. The molecule has 2 N–H and O–H groups in total. The van der Waals surface area contributed by atoms with Gasteiger partial charge in [-0.15, -0.1) is 0 Å². The van der Waals surface area contributed by atoms with Gasteiger partial charge in [0.15, 0.2) is 5.16 Å². The Morgan fingerprint density at radius 3 is 3.00 bits per heavy atom. The van der Waals surface area contributed by atoms with E-state index in [0.717, 1.165) is 6.42 Å². The van der Waals surface area contributed by atoms with Crippen molar-refractivity contribution < 1.29 is 4.79 Å². The fraction of sp³-hybridized carbons (Fsp3) is 0.545. The van der Waals surface area contributed by atoms with Crippen LogP contribution in [-0.4, -0.2) is 28.2 Å². The third-order valence-electron chi connectivity index (χ3n) is 2.03. The smallest absolute Gasteiger partial charge is 0.251 e. The summed E-state index contributed by atoms with van der Waals surface area (Å²) in [5.41, 5.74) is -0.206. The van der Waals surface area contributed by atoms with Crippen LogP contribution in [0.5, 0.6) is 0 Å². The minimum atomic E-state index is -0.206. The second kappa shape index (κ2) is 7.11. The second-order valence-electron chi connectivity index (χ2n) is 4.06. The van der Waals surface area contributed by atoms with E-state index in [9.17, 15) is 9.59 Å². The summed E-state index contributed by atoms with van der Waals surface area (Å²) >= 11 is 1.22. The van der Waals surface area contributed by atoms with Crippen LogP contribution < -0.4 is 10.9 Å². The first-order valence-electron chi connectivity index (χ1n) is 5.52. The van der Waals surface area contributed by atoms with Gasteiger partial charge in [-0.2, -0.15) is 0 Å². The largest absolute Gasteiger partial charge is 0.355 e. The third-order valence-corrected chi connectivity index (χ3v) is 2.92. The van der Waals surface area contributed by atoms with E-state index in [1.807, 2.05) is 0 Å². The molecule has 94 valence electrons. The van der Waals surface area contributed by atoms with Gasteiger partial charge in [-0.1, -0.05) is 25.6 Å². The number of hydrogen-bond donors (Lipinski definition) is 2. The zero-order valence-electron chi connectivity index (χ0n) is 10.0. The van der Waals surface area contributed by atoms with E-state index in [1.54, 1.807) is 0 Å². The Balaban J connectivity index is 2.26. The van der Waals surface area contributed by atoms with Crippen LogP contribution in [0, 0.1) is 5.92 Å². The maximum absolute atomic E-state index is 11.4. The molecular weight excluding hydrogens is 238 g/mol. The Labute approximate surface area is 104 Å². The first-order chi connectivity index (χ1) is 8.08. The van der Waals surface area contributed by atoms with Gasteiger partial charge in [-0.05, 0) is 12.3 Å². The van der Waals surface area contributed by atoms with Crippen LogP contribution in [0.15, 0.2) is 22.2 Å². The summed E-state index contributed by atoms with van der Waals surface area (Å²) in [6.07, 6.45) is 2.40. The average Bonchev–Trinajstić information content (AvgIpc) is 2.26. The highest BCUT2D eigenvalue weighted by molar-refractivity contribution is 7.99. The highest BCUT2D eigenvalue weighted by Gasteiger charge is 2.04. The SMILES string of the molecule is CC(C)CCNC(=O)CSc1nccc(=O)[nH]1. The van der Waals surface area contributed by atoms with Gasteiger partial charge in [0, 0.05) is 18.8 Å². The van der Waals surface area contributed by atoms with Crippen molar-refractivity contribution in [2.75, 3.05) is 12.3 Å². The summed E-state index contributed by atoms with van der Waals surface area (Å²) < 4.78 is 0. The van der Waals surface area contributed by atoms with Gasteiger partial charge in [0.05, 0.1) is 5.75 Å². The molecule has 5 nitrogen and oxygen atoms in total. The molecule has 0 unspecified atom stereocenters. The van der Waals surface area contributed by atoms with Gasteiger partial charge in [0.1, 0.15) is 0 Å². The Morgan fingerprint density at radius 1 is 1.59 bits per heavy atom. The summed E-state index contributed by atoms with van der Waals surface area (Å²) in [5, 5.41) is 3.29. The predicted molar refractivity (Wildman–Crippen MR) is 68.0 cm³/mol. The molecule has 6 heteroatoms. The van der Waals surface area contributed by atoms with E-state index in [2.05, 4.69) is 29.1 Å². The molecule has 1 aromatic heterocycles. The van der Waals surface area contributed by atoms with Crippen LogP contribution in [0.2, 0.25) is 0 Å². The first-order valence-corrected chi connectivity index (χ1v) is 6.51. The molecule has 0 saturated heterocycles. The van der Waals surface area contributed by atoms with E-state index < -0.39 is 0 Å². The van der Waals surface area contributed by atoms with Crippen LogP contribution in [-0.2, 0) is 4.79 Å². The molecule has 0 saturated carbocycles. The molecule has 1 rings (SSSR count). The number of thioether (sulfide) groups is 1. The Kier molecular flexibility index (Phi) is 5.76. The molecule has 0 bridgehead atoms. The second-order valence-corrected chi connectivity index (χ2v) is 5.02. The van der Waals surface area contributed by atoms with Crippen LogP contribution in [0.4, 0.5) is 0 Å². The van der Waals surface area contributed by atoms with E-state index >= 15 is 0 Å². The number of aromatic nitrogens is 2. The number of H-pyrrole nitrogens is 1. The van der Waals surface area contributed by atoms with Gasteiger partial charge in [-0.3, -0.25) is 9.59 Å². The molecule has 0 spiro atoms. The quantitative estimate of drug-likeness (QED) is 0.588. The lowest BCUT2D eigenvalue weighted by molar-refractivity contribution is -0.118. The Hall–Kier alpha value is -1.30. The van der Waals surface area contributed by atoms with Gasteiger partial charge in [0.2, 0.25) is 5.91 Å². The van der Waals surface area contributed by atoms with Crippen molar-refractivity contribution in [3.8, 4) is 0 Å². The predicted octanol–water partition coefficient (Wildman–Crippen LogP) is 1.02. The number of carbonyl (C=O) groups excluding carboxylic acids is 1. The summed E-state index contributed by atoms with van der Waals surface area (Å²) in [6, 6.07) is 1.34. The van der Waals surface area contributed by atoms with Crippen LogP contribution >= 0.6 is 11.8 Å². The molecule has 0 radical (unpaired) electrons. The first kappa shape index (κ1) is 13.8. The lowest BCUT2D eigenvalue weighted by Crippen LogP contribution is -2.27. The maximum Gasteiger partial charge on any atom is 0.251 e. The molecular formula is C11H17N3O2S. The molecule has 1 aromatic rings. The van der Waals surface area contributed by atoms with Gasteiger partial charge < -0.3 is 10.3 Å². The highest BCUT2D eigenvalue weighted by atomic mass is 32.2. The molecule has 1 amide bonds. The third kappa shape index (κ3) is 6.11. The van der Waals surface area contributed by atoms with Crippen molar-refractivity contribution in [2.24, 2.45) is 5.92 Å². The number of aromatic amines is 1. The van der Waals surface area contributed by atoms with Crippen LogP contribution in [0.1, 0.15) is 20.3 Å². The maximum atomic E-state index is 11.4. The number of nitrogens with zero attached hydrogens (tertiary/aromatic N) is 1. The summed E-state index contributed by atoms with van der Waals surface area (Å²) in [4.78, 5) is 28.9. The molecule has 0 aromatic carbocycles. The number of amides is 1. The molecule has 0 fully saturated rings. The topological polar surface area (TPSA) is 74.8 Å². The van der Waals surface area contributed by atoms with Crippen molar-refractivity contribution in [1.29, 1.82) is 0 Å². The Morgan fingerprint density at radius 2 is 2.35 bits per heavy atom. The van der Waals surface area contributed by atoms with Crippen LogP contribution in [0.25, 0.3) is 0 Å². The van der Waals surface area contributed by atoms with Crippen molar-refractivity contribution in [3.63, 3.8) is 0 Å². The van der Waals surface area contributed by atoms with Gasteiger partial charge in [-0.25, -0.2) is 4.98 Å². The van der Waals surface area contributed by atoms with E-state index in [1.165, 1.54) is 24.0 Å². The van der Waals surface area contributed by atoms with Crippen molar-refractivity contribution in [2.45, 2.75) is 25.4 Å². The van der Waals surface area contributed by atoms with Crippen molar-refractivity contribution in [3.05, 3.63) is 22.6 Å². The number of hydrogen-bond acceptors (Lipinski definition) is 4. The zero-order valence-corrected chi connectivity index (χ0v) is 10.8. The van der Waals surface area contributed by atoms with Gasteiger partial charge in [0.25, 0.3) is 5.56 Å². The number of nitrogens with one attached hydrogen (secondary N) is 2. The van der Waals surface area contributed by atoms with E-state index in [-0.39, 0.29) is 17.2 Å². The summed E-state index contributed by atoms with van der Waals surface area (Å²) in [6.45, 7) is 4.91. The zero-order chi connectivity index (χ0) is 12.7. The summed E-state index contributed by atoms with van der Waals surface area (Å²) in [5.74, 6) is 0.808. The molecule has 1 heterocycles. The molecule has 0 aliphatic heterocycles. The average molecular weight is 255 g/mol. The minimum absolute atomic E-state index is 0.0397. The Bertz CT molecular complexity index is 417. The van der Waals surface area contributed by atoms with Gasteiger partial charge >= 0.3 is 0 Å². The normalized spacial score (nSPS) is 10.5. The number of carbonyl (C=O) groups is 1. The lowest BCUT2D eigenvalue weighted by atomic mass is 10.1. The molecule has 0 aliphatic carbocycles. The summed E-state index contributed by atoms with van der Waals surface area (Å²) in [7, 11) is 0. The van der Waals surface area contributed by atoms with E-state index in [0.29, 0.717) is 17.6 Å². The fourth-order valence-corrected chi connectivity index (χ4v) is 1.79. The van der Waals surface area contributed by atoms with E-state index in [4.69, 9.17) is 0 Å². The standard InChI is InChI=1S/C11H17N3O2S/c1-8(2)3-5-12-10(16)7-17-11-13-6-4-9(15)14-11/h4,6,8H,3,5,7H2,1-2H3,(H,12,16)(H,13,14,15). The molecule has 17 heavy (non-hydrogen) atoms. The van der Waals surface area contributed by atoms with Crippen molar-refractivity contribution in [1.82, 2.24) is 15.3 Å². The lowest BCUT2D eigenvalue weighted by Gasteiger charge is -2.06.